The van der Waals surface area contributed by atoms with Crippen molar-refractivity contribution in [3.63, 3.8) is 0 Å². The lowest BCUT2D eigenvalue weighted by Crippen LogP contribution is -2.41. The van der Waals surface area contributed by atoms with Crippen LogP contribution in [-0.4, -0.2) is 18.5 Å². The fourth-order valence-electron chi connectivity index (χ4n) is 1.81. The van der Waals surface area contributed by atoms with E-state index < -0.39 is 17.5 Å². The van der Waals surface area contributed by atoms with Crippen LogP contribution < -0.4 is 11.1 Å². The second kappa shape index (κ2) is 6.63. The van der Waals surface area contributed by atoms with Gasteiger partial charge in [-0.25, -0.2) is 8.78 Å². The van der Waals surface area contributed by atoms with Gasteiger partial charge < -0.3 is 11.1 Å². The van der Waals surface area contributed by atoms with Crippen molar-refractivity contribution in [3.8, 4) is 0 Å². The molecule has 1 aliphatic carbocycles. The highest BCUT2D eigenvalue weighted by Crippen LogP contribution is 2.32. The van der Waals surface area contributed by atoms with Gasteiger partial charge in [0, 0.05) is 17.1 Å². The van der Waals surface area contributed by atoms with Crippen LogP contribution in [0.4, 0.5) is 8.78 Å². The summed E-state index contributed by atoms with van der Waals surface area (Å²) in [4.78, 5) is 11.9. The van der Waals surface area contributed by atoms with E-state index >= 15 is 0 Å². The summed E-state index contributed by atoms with van der Waals surface area (Å²) in [6, 6.07) is 1.73. The van der Waals surface area contributed by atoms with E-state index in [4.69, 9.17) is 5.73 Å². The molecule has 1 aliphatic rings. The average Bonchev–Trinajstić information content (AvgIpc) is 3.14. The van der Waals surface area contributed by atoms with Gasteiger partial charge >= 0.3 is 0 Å². The van der Waals surface area contributed by atoms with Crippen LogP contribution in [0.2, 0.25) is 0 Å². The second-order valence-corrected chi connectivity index (χ2v) is 5.25. The summed E-state index contributed by atoms with van der Waals surface area (Å²) in [6.45, 7) is 0.345. The molecular weight excluding hydrogens is 341 g/mol. The van der Waals surface area contributed by atoms with Crippen molar-refractivity contribution in [2.24, 2.45) is 11.7 Å². The zero-order valence-electron chi connectivity index (χ0n) is 9.96. The number of benzene rings is 1. The number of hydrogen-bond acceptors (Lipinski definition) is 2. The molecule has 2 rings (SSSR count). The third-order valence-electron chi connectivity index (χ3n) is 3.02. The number of nitrogens with one attached hydrogen (secondary N) is 1. The van der Waals surface area contributed by atoms with Crippen LogP contribution in [0.15, 0.2) is 16.6 Å². The summed E-state index contributed by atoms with van der Waals surface area (Å²) >= 11 is 3.05. The first-order valence-corrected chi connectivity index (χ1v) is 6.47. The molecule has 0 aromatic heterocycles. The molecule has 0 saturated heterocycles. The molecule has 1 aromatic rings. The van der Waals surface area contributed by atoms with Gasteiger partial charge in [-0.15, -0.1) is 12.4 Å². The maximum Gasteiger partial charge on any atom is 0.252 e. The predicted molar refractivity (Wildman–Crippen MR) is 74.3 cm³/mol. The molecule has 1 amide bonds. The number of rotatable bonds is 4. The Bertz CT molecular complexity index is 483. The first-order valence-electron chi connectivity index (χ1n) is 5.68. The van der Waals surface area contributed by atoms with E-state index in [9.17, 15) is 13.6 Å². The topological polar surface area (TPSA) is 55.1 Å². The van der Waals surface area contributed by atoms with Crippen LogP contribution in [0.25, 0.3) is 0 Å². The van der Waals surface area contributed by atoms with Crippen molar-refractivity contribution < 1.29 is 13.6 Å². The number of halogens is 4. The molecule has 0 aliphatic heterocycles. The monoisotopic (exact) mass is 354 g/mol. The highest BCUT2D eigenvalue weighted by Gasteiger charge is 2.31. The Balaban J connectivity index is 0.00000180. The third-order valence-corrected chi connectivity index (χ3v) is 3.67. The minimum Gasteiger partial charge on any atom is -0.348 e. The summed E-state index contributed by atoms with van der Waals surface area (Å²) in [5.74, 6) is -2.07. The number of hydrogen-bond donors (Lipinski definition) is 2. The molecule has 0 heterocycles. The molecular formula is C12H14BrClF2N2O. The lowest BCUT2D eigenvalue weighted by atomic mass is 10.1. The van der Waals surface area contributed by atoms with E-state index in [-0.39, 0.29) is 28.5 Å². The van der Waals surface area contributed by atoms with Gasteiger partial charge in [0.05, 0.1) is 5.56 Å². The molecule has 1 atom stereocenters. The summed E-state index contributed by atoms with van der Waals surface area (Å²) in [5, 5.41) is 2.75. The molecule has 0 radical (unpaired) electrons. The molecule has 106 valence electrons. The van der Waals surface area contributed by atoms with E-state index in [2.05, 4.69) is 21.2 Å². The van der Waals surface area contributed by atoms with Crippen LogP contribution in [0.3, 0.4) is 0 Å². The Labute approximate surface area is 124 Å². The largest absolute Gasteiger partial charge is 0.348 e. The van der Waals surface area contributed by atoms with Crippen molar-refractivity contribution >= 4 is 34.2 Å². The van der Waals surface area contributed by atoms with Crippen LogP contribution >= 0.6 is 28.3 Å². The van der Waals surface area contributed by atoms with E-state index in [1.165, 1.54) is 0 Å². The van der Waals surface area contributed by atoms with Gasteiger partial charge in [-0.1, -0.05) is 0 Å². The molecule has 1 saturated carbocycles. The Morgan fingerprint density at radius 3 is 2.53 bits per heavy atom. The third kappa shape index (κ3) is 3.87. The van der Waals surface area contributed by atoms with Crippen LogP contribution in [0, 0.1) is 17.6 Å². The minimum absolute atomic E-state index is 0. The smallest absolute Gasteiger partial charge is 0.252 e. The first kappa shape index (κ1) is 16.3. The fraction of sp³-hybridized carbons (Fsp3) is 0.417. The van der Waals surface area contributed by atoms with Crippen LogP contribution in [0.1, 0.15) is 23.2 Å². The van der Waals surface area contributed by atoms with Gasteiger partial charge in [0.1, 0.15) is 0 Å². The molecule has 19 heavy (non-hydrogen) atoms. The Morgan fingerprint density at radius 2 is 2.00 bits per heavy atom. The molecule has 0 bridgehead atoms. The maximum absolute atomic E-state index is 13.1. The van der Waals surface area contributed by atoms with E-state index in [1.807, 2.05) is 0 Å². The normalized spacial score (nSPS) is 15.6. The number of carbonyl (C=O) groups is 1. The summed E-state index contributed by atoms with van der Waals surface area (Å²) in [5.41, 5.74) is 5.65. The van der Waals surface area contributed by atoms with Gasteiger partial charge in [-0.05, 0) is 46.8 Å². The fourth-order valence-corrected chi connectivity index (χ4v) is 2.31. The number of carbonyl (C=O) groups excluding carboxylic acids is 1. The standard InChI is InChI=1S/C12H13BrF2N2O.ClH/c13-8-4-10(15)9(14)3-7(8)12(18)17-11(5-16)6-1-2-6;/h3-4,6,11H,1-2,5,16H2,(H,17,18);1H. The number of nitrogens with two attached hydrogens (primary N) is 1. The van der Waals surface area contributed by atoms with Crippen molar-refractivity contribution in [1.29, 1.82) is 0 Å². The van der Waals surface area contributed by atoms with Crippen molar-refractivity contribution in [2.75, 3.05) is 6.54 Å². The minimum atomic E-state index is -1.04. The van der Waals surface area contributed by atoms with Gasteiger partial charge in [-0.2, -0.15) is 0 Å². The van der Waals surface area contributed by atoms with Gasteiger partial charge in [-0.3, -0.25) is 4.79 Å². The first-order chi connectivity index (χ1) is 8.52. The van der Waals surface area contributed by atoms with Gasteiger partial charge in [0.2, 0.25) is 0 Å². The van der Waals surface area contributed by atoms with E-state index in [1.54, 1.807) is 0 Å². The predicted octanol–water partition coefficient (Wildman–Crippen LogP) is 2.62. The highest BCUT2D eigenvalue weighted by molar-refractivity contribution is 9.10. The molecule has 7 heteroatoms. The molecule has 3 N–H and O–H groups in total. The quantitative estimate of drug-likeness (QED) is 0.816. The Kier molecular flexibility index (Phi) is 5.70. The van der Waals surface area contributed by atoms with Crippen LogP contribution in [0.5, 0.6) is 0 Å². The zero-order chi connectivity index (χ0) is 13.3. The maximum atomic E-state index is 13.1. The highest BCUT2D eigenvalue weighted by atomic mass is 79.9. The molecule has 1 fully saturated rings. The van der Waals surface area contributed by atoms with E-state index in [0.29, 0.717) is 12.5 Å². The van der Waals surface area contributed by atoms with Crippen molar-refractivity contribution in [1.82, 2.24) is 5.32 Å². The molecule has 1 aromatic carbocycles. The summed E-state index contributed by atoms with van der Waals surface area (Å²) < 4.78 is 26.3. The van der Waals surface area contributed by atoms with Gasteiger partial charge in [0.25, 0.3) is 5.91 Å². The van der Waals surface area contributed by atoms with Crippen molar-refractivity contribution in [3.05, 3.63) is 33.8 Å². The molecule has 1 unspecified atom stereocenters. The molecule has 3 nitrogen and oxygen atoms in total. The lowest BCUT2D eigenvalue weighted by Gasteiger charge is -2.16. The second-order valence-electron chi connectivity index (χ2n) is 4.40. The van der Waals surface area contributed by atoms with Crippen LogP contribution in [-0.2, 0) is 0 Å². The zero-order valence-corrected chi connectivity index (χ0v) is 12.4. The Hall–Kier alpha value is -0.720. The SMILES string of the molecule is Cl.NCC(NC(=O)c1cc(F)c(F)cc1Br)C1CC1. The van der Waals surface area contributed by atoms with E-state index in [0.717, 1.165) is 25.0 Å². The number of amides is 1. The molecule has 0 spiro atoms. The average molecular weight is 356 g/mol. The Morgan fingerprint density at radius 1 is 1.42 bits per heavy atom. The van der Waals surface area contributed by atoms with Crippen molar-refractivity contribution in [2.45, 2.75) is 18.9 Å². The van der Waals surface area contributed by atoms with Gasteiger partial charge in [0.15, 0.2) is 11.6 Å². The summed E-state index contributed by atoms with van der Waals surface area (Å²) in [6.07, 6.45) is 2.09. The lowest BCUT2D eigenvalue weighted by molar-refractivity contribution is 0.0932. The summed E-state index contributed by atoms with van der Waals surface area (Å²) in [7, 11) is 0.